The number of pyridine rings is 2. The van der Waals surface area contributed by atoms with Crippen LogP contribution in [0.5, 0.6) is 0 Å². The van der Waals surface area contributed by atoms with Gasteiger partial charge < -0.3 is 4.74 Å². The van der Waals surface area contributed by atoms with Crippen molar-refractivity contribution in [1.82, 2.24) is 9.97 Å². The summed E-state index contributed by atoms with van der Waals surface area (Å²) < 4.78 is 7.16. The van der Waals surface area contributed by atoms with Crippen LogP contribution in [0.3, 0.4) is 0 Å². The van der Waals surface area contributed by atoms with E-state index in [0.29, 0.717) is 5.69 Å². The molecule has 2 rings (SSSR count). The number of carbonyl (C=O) groups is 1. The molecule has 0 saturated carbocycles. The average Bonchev–Trinajstić information content (AvgIpc) is 2.43. The lowest BCUT2D eigenvalue weighted by Crippen LogP contribution is -2.02. The zero-order valence-corrected chi connectivity index (χ0v) is 14.6. The van der Waals surface area contributed by atoms with Crippen LogP contribution in [0.15, 0.2) is 50.2 Å². The van der Waals surface area contributed by atoms with Gasteiger partial charge in [-0.2, -0.15) is 0 Å². The highest BCUT2D eigenvalue weighted by atomic mass is 79.9. The topological polar surface area (TPSA) is 52.1 Å². The molecule has 0 bridgehead atoms. The Morgan fingerprint density at radius 2 is 1.58 bits per heavy atom. The van der Waals surface area contributed by atoms with E-state index in [4.69, 9.17) is 0 Å². The van der Waals surface area contributed by atoms with Gasteiger partial charge in [0.15, 0.2) is 0 Å². The van der Waals surface area contributed by atoms with Crippen LogP contribution >= 0.6 is 47.8 Å². The van der Waals surface area contributed by atoms with E-state index in [2.05, 4.69) is 62.5 Å². The number of ether oxygens (including phenoxy) is 1. The molecule has 2 heterocycles. The summed E-state index contributed by atoms with van der Waals surface area (Å²) in [6, 6.07) is 7.14. The Bertz CT molecular complexity index is 509. The maximum absolute atomic E-state index is 10.8. The Labute approximate surface area is 136 Å². The van der Waals surface area contributed by atoms with Crippen LogP contribution < -0.4 is 0 Å². The molecular formula is C12H9Br3N2O2. The van der Waals surface area contributed by atoms with Crippen molar-refractivity contribution in [3.05, 3.63) is 55.9 Å². The number of hydrogen-bond donors (Lipinski definition) is 0. The van der Waals surface area contributed by atoms with Gasteiger partial charge >= 0.3 is 5.97 Å². The molecule has 2 aromatic rings. The zero-order chi connectivity index (χ0) is 14.3. The molecule has 0 amide bonds. The van der Waals surface area contributed by atoms with E-state index in [1.807, 2.05) is 12.1 Å². The molecule has 0 radical (unpaired) electrons. The standard InChI is InChI=1S/C7H6BrNO2.C5H3Br2N/c1-11-7(10)6-3-2-5(8)4-9-6;6-4-1-2-5(7)8-3-4/h2-4H,1H3;1-3H. The summed E-state index contributed by atoms with van der Waals surface area (Å²) in [6.07, 6.45) is 3.29. The third-order valence-electron chi connectivity index (χ3n) is 1.81. The van der Waals surface area contributed by atoms with Crippen molar-refractivity contribution in [3.63, 3.8) is 0 Å². The second-order valence-corrected chi connectivity index (χ2v) is 5.80. The van der Waals surface area contributed by atoms with Crippen LogP contribution in [0, 0.1) is 0 Å². The maximum atomic E-state index is 10.8. The van der Waals surface area contributed by atoms with Gasteiger partial charge in [0.2, 0.25) is 0 Å². The summed E-state index contributed by atoms with van der Waals surface area (Å²) in [7, 11) is 1.33. The van der Waals surface area contributed by atoms with E-state index in [1.165, 1.54) is 7.11 Å². The van der Waals surface area contributed by atoms with Gasteiger partial charge in [0, 0.05) is 21.3 Å². The zero-order valence-electron chi connectivity index (χ0n) is 9.81. The first kappa shape index (κ1) is 16.3. The van der Waals surface area contributed by atoms with Crippen molar-refractivity contribution in [2.75, 3.05) is 7.11 Å². The first-order valence-electron chi connectivity index (χ1n) is 5.00. The van der Waals surface area contributed by atoms with E-state index >= 15 is 0 Å². The fraction of sp³-hybridized carbons (Fsp3) is 0.0833. The number of nitrogens with zero attached hydrogens (tertiary/aromatic N) is 2. The summed E-state index contributed by atoms with van der Waals surface area (Å²) in [6.45, 7) is 0. The first-order chi connectivity index (χ1) is 9.02. The first-order valence-corrected chi connectivity index (χ1v) is 7.37. The highest BCUT2D eigenvalue weighted by Gasteiger charge is 2.04. The molecule has 0 atom stereocenters. The third kappa shape index (κ3) is 6.26. The third-order valence-corrected chi connectivity index (χ3v) is 3.22. The van der Waals surface area contributed by atoms with Crippen LogP contribution in [-0.2, 0) is 4.74 Å². The van der Waals surface area contributed by atoms with Gasteiger partial charge in [0.1, 0.15) is 10.3 Å². The van der Waals surface area contributed by atoms with Crippen molar-refractivity contribution < 1.29 is 9.53 Å². The van der Waals surface area contributed by atoms with Crippen LogP contribution in [-0.4, -0.2) is 23.0 Å². The van der Waals surface area contributed by atoms with Crippen LogP contribution in [0.4, 0.5) is 0 Å². The van der Waals surface area contributed by atoms with Crippen molar-refractivity contribution in [2.45, 2.75) is 0 Å². The number of methoxy groups -OCH3 is 1. The SMILES string of the molecule is Brc1ccc(Br)nc1.COC(=O)c1ccc(Br)cn1. The molecule has 7 heteroatoms. The second-order valence-electron chi connectivity index (χ2n) is 3.15. The molecule has 4 nitrogen and oxygen atoms in total. The molecule has 0 fully saturated rings. The van der Waals surface area contributed by atoms with E-state index in [1.54, 1.807) is 24.5 Å². The molecular weight excluding hydrogens is 444 g/mol. The smallest absolute Gasteiger partial charge is 0.356 e. The fourth-order valence-electron chi connectivity index (χ4n) is 0.959. The maximum Gasteiger partial charge on any atom is 0.356 e. The van der Waals surface area contributed by atoms with Crippen LogP contribution in [0.1, 0.15) is 10.5 Å². The molecule has 0 aliphatic carbocycles. The van der Waals surface area contributed by atoms with Crippen molar-refractivity contribution in [3.8, 4) is 0 Å². The predicted octanol–water partition coefficient (Wildman–Crippen LogP) is 4.24. The Morgan fingerprint density at radius 3 is 1.95 bits per heavy atom. The Balaban J connectivity index is 0.000000200. The molecule has 0 spiro atoms. The molecule has 0 aliphatic heterocycles. The molecule has 0 aliphatic rings. The minimum Gasteiger partial charge on any atom is -0.464 e. The lowest BCUT2D eigenvalue weighted by atomic mass is 10.4. The Kier molecular flexibility index (Phi) is 7.19. The van der Waals surface area contributed by atoms with E-state index in [-0.39, 0.29) is 0 Å². The molecule has 19 heavy (non-hydrogen) atoms. The van der Waals surface area contributed by atoms with Gasteiger partial charge in [-0.3, -0.25) is 0 Å². The number of hydrogen-bond acceptors (Lipinski definition) is 4. The average molecular weight is 453 g/mol. The molecule has 0 N–H and O–H groups in total. The number of aromatic nitrogens is 2. The highest BCUT2D eigenvalue weighted by Crippen LogP contribution is 2.10. The molecule has 100 valence electrons. The number of rotatable bonds is 1. The van der Waals surface area contributed by atoms with Gasteiger partial charge in [-0.05, 0) is 72.1 Å². The lowest BCUT2D eigenvalue weighted by molar-refractivity contribution is 0.0594. The molecule has 0 unspecified atom stereocenters. The molecule has 2 aromatic heterocycles. The summed E-state index contributed by atoms with van der Waals surface area (Å²) >= 11 is 9.68. The van der Waals surface area contributed by atoms with Crippen molar-refractivity contribution >= 4 is 53.8 Å². The fourth-order valence-corrected chi connectivity index (χ4v) is 1.66. The van der Waals surface area contributed by atoms with Crippen molar-refractivity contribution in [1.29, 1.82) is 0 Å². The normalized spacial score (nSPS) is 9.26. The number of carbonyl (C=O) groups excluding carboxylic acids is 1. The monoisotopic (exact) mass is 450 g/mol. The van der Waals surface area contributed by atoms with Gasteiger partial charge in [-0.15, -0.1) is 0 Å². The molecule has 0 aromatic carbocycles. The van der Waals surface area contributed by atoms with Gasteiger partial charge in [0.05, 0.1) is 7.11 Å². The van der Waals surface area contributed by atoms with E-state index in [9.17, 15) is 4.79 Å². The van der Waals surface area contributed by atoms with Gasteiger partial charge in [0.25, 0.3) is 0 Å². The summed E-state index contributed by atoms with van der Waals surface area (Å²) in [4.78, 5) is 18.6. The van der Waals surface area contributed by atoms with Crippen molar-refractivity contribution in [2.24, 2.45) is 0 Å². The quantitative estimate of drug-likeness (QED) is 0.480. The Morgan fingerprint density at radius 1 is 1.00 bits per heavy atom. The summed E-state index contributed by atoms with van der Waals surface area (Å²) in [5.41, 5.74) is 0.315. The largest absolute Gasteiger partial charge is 0.464 e. The van der Waals surface area contributed by atoms with Gasteiger partial charge in [-0.1, -0.05) is 0 Å². The lowest BCUT2D eigenvalue weighted by Gasteiger charge is -1.96. The molecule has 0 saturated heterocycles. The van der Waals surface area contributed by atoms with E-state index < -0.39 is 5.97 Å². The minimum absolute atomic E-state index is 0.315. The minimum atomic E-state index is -0.419. The second kappa shape index (κ2) is 8.39. The number of halogens is 3. The van der Waals surface area contributed by atoms with Gasteiger partial charge in [-0.25, -0.2) is 14.8 Å². The van der Waals surface area contributed by atoms with E-state index in [0.717, 1.165) is 13.5 Å². The predicted molar refractivity (Wildman–Crippen MR) is 82.9 cm³/mol. The Hall–Kier alpha value is -0.790. The highest BCUT2D eigenvalue weighted by molar-refractivity contribution is 9.11. The van der Waals surface area contributed by atoms with Crippen LogP contribution in [0.2, 0.25) is 0 Å². The van der Waals surface area contributed by atoms with Crippen LogP contribution in [0.25, 0.3) is 0 Å². The summed E-state index contributed by atoms with van der Waals surface area (Å²) in [5, 5.41) is 0. The number of esters is 1. The summed E-state index contributed by atoms with van der Waals surface area (Å²) in [5.74, 6) is -0.419.